The minimum absolute atomic E-state index is 0.189. The molecule has 1 saturated heterocycles. The van der Waals surface area contributed by atoms with Crippen molar-refractivity contribution in [2.24, 2.45) is 0 Å². The van der Waals surface area contributed by atoms with Crippen LogP contribution in [0, 0.1) is 0 Å². The number of imidazole rings is 1. The molecule has 156 valence electrons. The lowest BCUT2D eigenvalue weighted by atomic mass is 10.1. The van der Waals surface area contributed by atoms with Crippen molar-refractivity contribution in [2.75, 3.05) is 11.4 Å². The predicted octanol–water partition coefficient (Wildman–Crippen LogP) is -0.763. The number of nitrogens with one attached hydrogen (secondary N) is 1. The number of phosphoric acid groups is 2. The largest absolute Gasteiger partial charge is 0.481 e. The number of hydrogen-bond acceptors (Lipinski definition) is 11. The van der Waals surface area contributed by atoms with E-state index >= 15 is 0 Å². The molecule has 0 radical (unpaired) electrons. The SMILES string of the molecule is O=P(O)(O)OP(=O)(O)OC[C@H]1O[C@@H](n2cnc3c(NCl)ncnc32)[C@H](O)[C@@H]1O. The number of halogens is 1. The number of rotatable bonds is 7. The monoisotopic (exact) mass is 461 g/mol. The Morgan fingerprint density at radius 1 is 1.21 bits per heavy atom. The Bertz CT molecular complexity index is 954. The number of anilines is 1. The fourth-order valence-corrected chi connectivity index (χ4v) is 4.27. The summed E-state index contributed by atoms with van der Waals surface area (Å²) in [6.45, 7) is -0.821. The summed E-state index contributed by atoms with van der Waals surface area (Å²) >= 11 is 5.54. The van der Waals surface area contributed by atoms with Gasteiger partial charge in [-0.2, -0.15) is 4.31 Å². The Morgan fingerprint density at radius 2 is 1.93 bits per heavy atom. The molecule has 6 N–H and O–H groups in total. The highest BCUT2D eigenvalue weighted by molar-refractivity contribution is 7.60. The Labute approximate surface area is 160 Å². The zero-order chi connectivity index (χ0) is 20.7. The molecule has 3 heterocycles. The van der Waals surface area contributed by atoms with Crippen LogP contribution in [0.4, 0.5) is 5.82 Å². The molecule has 0 saturated carbocycles. The van der Waals surface area contributed by atoms with Gasteiger partial charge in [0.05, 0.1) is 12.9 Å². The summed E-state index contributed by atoms with van der Waals surface area (Å²) in [6, 6.07) is 0. The number of phosphoric ester groups is 1. The predicted molar refractivity (Wildman–Crippen MR) is 89.6 cm³/mol. The maximum absolute atomic E-state index is 11.5. The first-order valence-corrected chi connectivity index (χ1v) is 10.7. The summed E-state index contributed by atoms with van der Waals surface area (Å²) in [5.74, 6) is 0.189. The van der Waals surface area contributed by atoms with Gasteiger partial charge in [-0.15, -0.1) is 0 Å². The molecule has 2 aromatic rings. The molecular weight excluding hydrogens is 448 g/mol. The van der Waals surface area contributed by atoms with Crippen molar-refractivity contribution in [3.05, 3.63) is 12.7 Å². The first-order chi connectivity index (χ1) is 13.0. The van der Waals surface area contributed by atoms with Gasteiger partial charge in [0.2, 0.25) is 0 Å². The minimum Gasteiger partial charge on any atom is -0.387 e. The molecule has 3 rings (SSSR count). The van der Waals surface area contributed by atoms with Gasteiger partial charge in [0, 0.05) is 11.8 Å². The van der Waals surface area contributed by atoms with E-state index in [1.54, 1.807) is 0 Å². The highest BCUT2D eigenvalue weighted by Crippen LogP contribution is 2.57. The molecule has 0 aliphatic carbocycles. The van der Waals surface area contributed by atoms with Crippen LogP contribution in [0.25, 0.3) is 11.2 Å². The van der Waals surface area contributed by atoms with Gasteiger partial charge in [0.15, 0.2) is 23.2 Å². The van der Waals surface area contributed by atoms with Crippen LogP contribution in [0.5, 0.6) is 0 Å². The number of ether oxygens (including phenoxy) is 1. The normalized spacial score (nSPS) is 27.8. The van der Waals surface area contributed by atoms with Gasteiger partial charge in [-0.1, -0.05) is 0 Å². The zero-order valence-electron chi connectivity index (χ0n) is 13.5. The topological polar surface area (TPSA) is 219 Å². The van der Waals surface area contributed by atoms with E-state index < -0.39 is 46.8 Å². The van der Waals surface area contributed by atoms with Gasteiger partial charge < -0.3 is 29.6 Å². The number of aromatic nitrogens is 4. The third-order valence-electron chi connectivity index (χ3n) is 3.67. The Hall–Kier alpha value is -1.22. The van der Waals surface area contributed by atoms with Crippen LogP contribution < -0.4 is 4.84 Å². The van der Waals surface area contributed by atoms with Gasteiger partial charge in [-0.3, -0.25) is 13.9 Å². The summed E-state index contributed by atoms with van der Waals surface area (Å²) in [4.78, 5) is 40.6. The van der Waals surface area contributed by atoms with E-state index in [0.717, 1.165) is 0 Å². The molecule has 0 amide bonds. The van der Waals surface area contributed by atoms with Crippen LogP contribution in [0.3, 0.4) is 0 Å². The van der Waals surface area contributed by atoms with E-state index in [1.165, 1.54) is 17.2 Å². The number of fused-ring (bicyclic) bond motifs is 1. The van der Waals surface area contributed by atoms with Crippen molar-refractivity contribution < 1.29 is 47.6 Å². The third-order valence-corrected chi connectivity index (χ3v) is 6.00. The molecule has 5 atom stereocenters. The van der Waals surface area contributed by atoms with E-state index in [9.17, 15) is 24.2 Å². The Balaban J connectivity index is 1.76. The molecule has 28 heavy (non-hydrogen) atoms. The number of nitrogens with zero attached hydrogens (tertiary/aromatic N) is 4. The van der Waals surface area contributed by atoms with Gasteiger partial charge >= 0.3 is 15.6 Å². The van der Waals surface area contributed by atoms with Gasteiger partial charge in [-0.05, 0) is 0 Å². The Kier molecular flexibility index (Phi) is 6.06. The van der Waals surface area contributed by atoms with Crippen molar-refractivity contribution in [2.45, 2.75) is 24.5 Å². The molecular formula is C10H14ClN5O10P2. The van der Waals surface area contributed by atoms with E-state index in [4.69, 9.17) is 26.3 Å². The number of aliphatic hydroxyl groups excluding tert-OH is 2. The van der Waals surface area contributed by atoms with Crippen molar-refractivity contribution in [1.82, 2.24) is 19.5 Å². The second-order valence-corrected chi connectivity index (χ2v) is 8.54. The van der Waals surface area contributed by atoms with Gasteiger partial charge in [0.1, 0.15) is 24.6 Å². The molecule has 15 nitrogen and oxygen atoms in total. The van der Waals surface area contributed by atoms with E-state index in [1.807, 2.05) is 0 Å². The zero-order valence-corrected chi connectivity index (χ0v) is 16.1. The average Bonchev–Trinajstić information content (AvgIpc) is 3.13. The molecule has 1 aliphatic rings. The maximum Gasteiger partial charge on any atom is 0.481 e. The van der Waals surface area contributed by atoms with Gasteiger partial charge in [0.25, 0.3) is 0 Å². The highest BCUT2D eigenvalue weighted by Gasteiger charge is 2.46. The first-order valence-electron chi connectivity index (χ1n) is 7.32. The Morgan fingerprint density at radius 3 is 2.57 bits per heavy atom. The summed E-state index contributed by atoms with van der Waals surface area (Å²) in [7, 11) is -10.4. The fraction of sp³-hybridized carbons (Fsp3) is 0.500. The van der Waals surface area contributed by atoms with Crippen LogP contribution in [0.15, 0.2) is 12.7 Å². The molecule has 1 fully saturated rings. The number of hydrogen-bond donors (Lipinski definition) is 6. The van der Waals surface area contributed by atoms with E-state index in [0.29, 0.717) is 0 Å². The average molecular weight is 462 g/mol. The van der Waals surface area contributed by atoms with Crippen LogP contribution in [-0.2, 0) is 22.7 Å². The molecule has 0 aromatic carbocycles. The molecule has 0 spiro atoms. The van der Waals surface area contributed by atoms with Crippen LogP contribution >= 0.6 is 27.4 Å². The van der Waals surface area contributed by atoms with E-state index in [-0.39, 0.29) is 17.0 Å². The highest BCUT2D eigenvalue weighted by atomic mass is 35.5. The number of aliphatic hydroxyl groups is 2. The third kappa shape index (κ3) is 4.50. The molecule has 1 aliphatic heterocycles. The minimum atomic E-state index is -5.30. The van der Waals surface area contributed by atoms with Crippen molar-refractivity contribution in [1.29, 1.82) is 0 Å². The van der Waals surface area contributed by atoms with Crippen molar-refractivity contribution >= 4 is 44.4 Å². The van der Waals surface area contributed by atoms with Crippen molar-refractivity contribution in [3.63, 3.8) is 0 Å². The van der Waals surface area contributed by atoms with Gasteiger partial charge in [-0.25, -0.2) is 24.1 Å². The summed E-state index contributed by atoms with van der Waals surface area (Å²) in [6.07, 6.45) is -3.24. The second kappa shape index (κ2) is 7.89. The quantitative estimate of drug-likeness (QED) is 0.220. The molecule has 1 unspecified atom stereocenters. The first kappa shape index (κ1) is 21.5. The molecule has 2 aromatic heterocycles. The maximum atomic E-state index is 11.5. The van der Waals surface area contributed by atoms with E-state index in [2.05, 4.69) is 28.6 Å². The van der Waals surface area contributed by atoms with Crippen LogP contribution in [0.1, 0.15) is 6.23 Å². The smallest absolute Gasteiger partial charge is 0.387 e. The lowest BCUT2D eigenvalue weighted by molar-refractivity contribution is -0.0503. The van der Waals surface area contributed by atoms with Crippen LogP contribution in [-0.4, -0.2) is 69.3 Å². The van der Waals surface area contributed by atoms with Crippen LogP contribution in [0.2, 0.25) is 0 Å². The van der Waals surface area contributed by atoms with Crippen molar-refractivity contribution in [3.8, 4) is 0 Å². The summed E-state index contributed by atoms with van der Waals surface area (Å²) < 4.78 is 36.9. The second-order valence-electron chi connectivity index (χ2n) is 5.52. The summed E-state index contributed by atoms with van der Waals surface area (Å²) in [5.41, 5.74) is 0.450. The summed E-state index contributed by atoms with van der Waals surface area (Å²) in [5, 5.41) is 20.4. The standard InChI is InChI=1S/C10H14ClN5O10P2/c11-15-8-5-9(13-2-12-8)16(3-14-5)10-7(18)6(17)4(25-10)1-24-28(22,23)26-27(19,20)21/h2-4,6-7,10,17-18H,1H2,(H,22,23)(H,12,13,15)(H2,19,20,21)/t4-,6-,7-,10-/m1/s1. The fourth-order valence-electron chi connectivity index (χ4n) is 2.53. The molecule has 0 bridgehead atoms. The molecule has 18 heteroatoms. The lowest BCUT2D eigenvalue weighted by Gasteiger charge is -2.17. The lowest BCUT2D eigenvalue weighted by Crippen LogP contribution is -2.33.